The van der Waals surface area contributed by atoms with Crippen molar-refractivity contribution in [2.45, 2.75) is 81.6 Å². The first-order valence-corrected chi connectivity index (χ1v) is 15.2. The first-order valence-electron chi connectivity index (χ1n) is 12.9. The van der Waals surface area contributed by atoms with Crippen LogP contribution < -0.4 is 10.0 Å². The number of carbonyl (C=O) groups is 1. The largest absolute Gasteiger partial charge is 0.417 e. The molecular formula is C27H33BrF3N3O3S. The molecule has 2 aliphatic rings. The van der Waals surface area contributed by atoms with Crippen LogP contribution in [0.15, 0.2) is 45.8 Å². The number of halogens is 4. The summed E-state index contributed by atoms with van der Waals surface area (Å²) >= 11 is 2.81. The van der Waals surface area contributed by atoms with Crippen LogP contribution in [0.1, 0.15) is 73.7 Å². The average Bonchev–Trinajstić information content (AvgIpc) is 2.83. The van der Waals surface area contributed by atoms with Gasteiger partial charge in [0.1, 0.15) is 0 Å². The van der Waals surface area contributed by atoms with Gasteiger partial charge >= 0.3 is 6.18 Å². The number of alkyl halides is 3. The van der Waals surface area contributed by atoms with E-state index in [1.165, 1.54) is 37.3 Å². The van der Waals surface area contributed by atoms with Crippen LogP contribution in [0.2, 0.25) is 0 Å². The van der Waals surface area contributed by atoms with Crippen molar-refractivity contribution in [3.63, 3.8) is 0 Å². The van der Waals surface area contributed by atoms with E-state index in [9.17, 15) is 26.4 Å². The van der Waals surface area contributed by atoms with Gasteiger partial charge in [0.25, 0.3) is 0 Å². The monoisotopic (exact) mass is 615 g/mol. The van der Waals surface area contributed by atoms with Crippen LogP contribution in [0.25, 0.3) is 0 Å². The number of rotatable bonds is 8. The van der Waals surface area contributed by atoms with E-state index in [0.717, 1.165) is 56.6 Å². The van der Waals surface area contributed by atoms with Gasteiger partial charge in [-0.15, -0.1) is 0 Å². The molecular weight excluding hydrogens is 583 g/mol. The average molecular weight is 617 g/mol. The van der Waals surface area contributed by atoms with E-state index in [0.29, 0.717) is 6.07 Å². The summed E-state index contributed by atoms with van der Waals surface area (Å²) in [5.41, 5.74) is 2.53. The van der Waals surface area contributed by atoms with Crippen molar-refractivity contribution in [3.05, 3.63) is 63.1 Å². The molecule has 1 fully saturated rings. The molecule has 1 saturated heterocycles. The van der Waals surface area contributed by atoms with Crippen LogP contribution >= 0.6 is 15.9 Å². The van der Waals surface area contributed by atoms with Crippen molar-refractivity contribution >= 4 is 31.9 Å². The van der Waals surface area contributed by atoms with Crippen molar-refractivity contribution < 1.29 is 26.4 Å². The number of piperidine rings is 1. The van der Waals surface area contributed by atoms with E-state index < -0.39 is 32.7 Å². The zero-order chi connectivity index (χ0) is 27.5. The summed E-state index contributed by atoms with van der Waals surface area (Å²) in [5, 5.41) is 3.03. The number of fused-ring (bicyclic) bond motifs is 1. The van der Waals surface area contributed by atoms with Crippen LogP contribution in [-0.2, 0) is 34.0 Å². The van der Waals surface area contributed by atoms with Gasteiger partial charge in [-0.05, 0) is 87.0 Å². The van der Waals surface area contributed by atoms with Gasteiger partial charge in [0.2, 0.25) is 15.9 Å². The van der Waals surface area contributed by atoms with Gasteiger partial charge in [-0.2, -0.15) is 13.2 Å². The number of amides is 1. The lowest BCUT2D eigenvalue weighted by atomic mass is 9.86. The highest BCUT2D eigenvalue weighted by Crippen LogP contribution is 2.36. The molecule has 0 radical (unpaired) electrons. The van der Waals surface area contributed by atoms with E-state index in [2.05, 4.69) is 49.1 Å². The summed E-state index contributed by atoms with van der Waals surface area (Å²) in [6.45, 7) is 4.71. The third-order valence-electron chi connectivity index (χ3n) is 7.11. The smallest absolute Gasteiger partial charge is 0.349 e. The van der Waals surface area contributed by atoms with Crippen molar-refractivity contribution in [3.8, 4) is 0 Å². The van der Waals surface area contributed by atoms with Crippen LogP contribution in [0, 0.1) is 0 Å². The summed E-state index contributed by atoms with van der Waals surface area (Å²) in [6.07, 6.45) is 1.63. The Hall–Kier alpha value is -1.95. The fourth-order valence-electron chi connectivity index (χ4n) is 5.29. The molecule has 2 aromatic carbocycles. The number of sulfonamides is 1. The van der Waals surface area contributed by atoms with E-state index in [1.807, 2.05) is 0 Å². The molecule has 1 unspecified atom stereocenters. The molecule has 2 N–H and O–H groups in total. The second kappa shape index (κ2) is 12.1. The van der Waals surface area contributed by atoms with Gasteiger partial charge in [0.15, 0.2) is 0 Å². The number of hydrogen-bond acceptors (Lipinski definition) is 4. The van der Waals surface area contributed by atoms with Crippen LogP contribution in [0.5, 0.6) is 0 Å². The standard InChI is InChI=1S/C27H33BrF3N3O3S/c1-18(33-38(36,37)21-9-11-24(28)23(16-21)27(29,30)31)14-26(35)32-25-7-5-6-20-15-19(8-10-22(20)25)17-34-12-3-2-4-13-34/h8-11,15-16,18,25,33H,2-7,12-14,17H2,1H3,(H,32,35)/t18?,25-/m1/s1. The summed E-state index contributed by atoms with van der Waals surface area (Å²) in [7, 11) is -4.26. The molecule has 1 aliphatic heterocycles. The quantitative estimate of drug-likeness (QED) is 0.399. The molecule has 4 rings (SSSR count). The molecule has 1 amide bonds. The third-order valence-corrected chi connectivity index (χ3v) is 9.39. The predicted molar refractivity (Wildman–Crippen MR) is 143 cm³/mol. The molecule has 2 aromatic rings. The fourth-order valence-corrected chi connectivity index (χ4v) is 7.03. The third kappa shape index (κ3) is 7.37. The Kier molecular flexibility index (Phi) is 9.22. The summed E-state index contributed by atoms with van der Waals surface area (Å²) < 4.78 is 67.1. The molecule has 11 heteroatoms. The van der Waals surface area contributed by atoms with Crippen LogP contribution in [0.3, 0.4) is 0 Å². The maximum Gasteiger partial charge on any atom is 0.417 e. The summed E-state index contributed by atoms with van der Waals surface area (Å²) in [5.74, 6) is -0.317. The lowest BCUT2D eigenvalue weighted by Gasteiger charge is -2.29. The molecule has 38 heavy (non-hydrogen) atoms. The number of likely N-dealkylation sites (tertiary alicyclic amines) is 1. The van der Waals surface area contributed by atoms with E-state index in [4.69, 9.17) is 0 Å². The number of benzene rings is 2. The maximum atomic E-state index is 13.2. The molecule has 0 bridgehead atoms. The normalized spacial score (nSPS) is 19.6. The highest BCUT2D eigenvalue weighted by atomic mass is 79.9. The number of hydrogen-bond donors (Lipinski definition) is 2. The molecule has 208 valence electrons. The first-order chi connectivity index (χ1) is 17.9. The SMILES string of the molecule is CC(CC(=O)N[C@@H]1CCCc2cc(CN3CCCCC3)ccc21)NS(=O)(=O)c1ccc(Br)c(C(F)(F)F)c1. The Balaban J connectivity index is 1.36. The van der Waals surface area contributed by atoms with E-state index in [-0.39, 0.29) is 22.8 Å². The number of nitrogens with one attached hydrogen (secondary N) is 2. The van der Waals surface area contributed by atoms with Crippen molar-refractivity contribution in [2.75, 3.05) is 13.1 Å². The van der Waals surface area contributed by atoms with Crippen LogP contribution in [-0.4, -0.2) is 38.4 Å². The van der Waals surface area contributed by atoms with Gasteiger partial charge in [-0.25, -0.2) is 13.1 Å². The minimum atomic E-state index is -4.71. The first kappa shape index (κ1) is 29.0. The molecule has 1 aliphatic carbocycles. The van der Waals surface area contributed by atoms with Crippen molar-refractivity contribution in [2.24, 2.45) is 0 Å². The number of nitrogens with zero attached hydrogens (tertiary/aromatic N) is 1. The second-order valence-electron chi connectivity index (χ2n) is 10.2. The van der Waals surface area contributed by atoms with E-state index >= 15 is 0 Å². The Labute approximate surface area is 230 Å². The Morgan fingerprint density at radius 2 is 1.84 bits per heavy atom. The Morgan fingerprint density at radius 3 is 2.55 bits per heavy atom. The molecule has 0 aromatic heterocycles. The van der Waals surface area contributed by atoms with E-state index in [1.54, 1.807) is 0 Å². The number of carbonyl (C=O) groups excluding carboxylic acids is 1. The zero-order valence-electron chi connectivity index (χ0n) is 21.3. The topological polar surface area (TPSA) is 78.5 Å². The molecule has 0 saturated carbocycles. The van der Waals surface area contributed by atoms with Gasteiger partial charge in [-0.3, -0.25) is 9.69 Å². The van der Waals surface area contributed by atoms with Gasteiger partial charge in [0.05, 0.1) is 16.5 Å². The molecule has 6 nitrogen and oxygen atoms in total. The minimum absolute atomic E-state index is 0.138. The predicted octanol–water partition coefficient (Wildman–Crippen LogP) is 5.70. The lowest BCUT2D eigenvalue weighted by molar-refractivity contribution is -0.138. The highest BCUT2D eigenvalue weighted by molar-refractivity contribution is 9.10. The van der Waals surface area contributed by atoms with Gasteiger partial charge in [-0.1, -0.05) is 40.5 Å². The number of aryl methyl sites for hydroxylation is 1. The van der Waals surface area contributed by atoms with Crippen molar-refractivity contribution in [1.29, 1.82) is 0 Å². The molecule has 1 heterocycles. The zero-order valence-corrected chi connectivity index (χ0v) is 23.7. The molecule has 2 atom stereocenters. The second-order valence-corrected chi connectivity index (χ2v) is 12.8. The maximum absolute atomic E-state index is 13.2. The summed E-state index contributed by atoms with van der Waals surface area (Å²) in [6, 6.07) is 8.22. The lowest BCUT2D eigenvalue weighted by Crippen LogP contribution is -2.39. The Morgan fingerprint density at radius 1 is 1.11 bits per heavy atom. The molecule has 0 spiro atoms. The minimum Gasteiger partial charge on any atom is -0.349 e. The van der Waals surface area contributed by atoms with Gasteiger partial charge < -0.3 is 5.32 Å². The van der Waals surface area contributed by atoms with Gasteiger partial charge in [0, 0.05) is 23.5 Å². The fraction of sp³-hybridized carbons (Fsp3) is 0.519. The Bertz CT molecular complexity index is 1260. The highest BCUT2D eigenvalue weighted by Gasteiger charge is 2.34. The summed E-state index contributed by atoms with van der Waals surface area (Å²) in [4.78, 5) is 14.8. The van der Waals surface area contributed by atoms with Crippen LogP contribution in [0.4, 0.5) is 13.2 Å². The van der Waals surface area contributed by atoms with Crippen molar-refractivity contribution in [1.82, 2.24) is 14.9 Å².